The lowest BCUT2D eigenvalue weighted by molar-refractivity contribution is -0.118. The van der Waals surface area contributed by atoms with E-state index in [9.17, 15) is 14.4 Å². The van der Waals surface area contributed by atoms with E-state index < -0.39 is 0 Å². The zero-order valence-corrected chi connectivity index (χ0v) is 17.2. The van der Waals surface area contributed by atoms with Crippen molar-refractivity contribution in [2.45, 2.75) is 52.0 Å². The van der Waals surface area contributed by atoms with Gasteiger partial charge in [-0.15, -0.1) is 0 Å². The van der Waals surface area contributed by atoms with Gasteiger partial charge in [-0.05, 0) is 38.8 Å². The van der Waals surface area contributed by atoms with Crippen molar-refractivity contribution in [2.75, 3.05) is 19.6 Å². The number of hydrogen-bond acceptors (Lipinski definition) is 5. The average Bonchev–Trinajstić information content (AvgIpc) is 3.04. The second kappa shape index (κ2) is 10.8. The molecule has 2 rings (SSSR count). The van der Waals surface area contributed by atoms with Crippen LogP contribution in [0.1, 0.15) is 45.4 Å². The van der Waals surface area contributed by atoms with Crippen molar-refractivity contribution in [3.8, 4) is 0 Å². The Morgan fingerprint density at radius 3 is 2.36 bits per heavy atom. The minimum absolute atomic E-state index is 0.0216. The van der Waals surface area contributed by atoms with Crippen molar-refractivity contribution < 1.29 is 4.79 Å². The molecule has 2 aromatic rings. The fourth-order valence-electron chi connectivity index (χ4n) is 3.23. The number of carbonyl (C=O) groups is 1. The molecule has 0 saturated carbocycles. The van der Waals surface area contributed by atoms with Crippen molar-refractivity contribution in [1.82, 2.24) is 29.3 Å². The van der Waals surface area contributed by atoms with Gasteiger partial charge in [0.2, 0.25) is 5.91 Å². The van der Waals surface area contributed by atoms with Crippen LogP contribution >= 0.6 is 0 Å². The third kappa shape index (κ3) is 5.79. The molecule has 0 spiro atoms. The highest BCUT2D eigenvalue weighted by atomic mass is 16.2. The predicted octanol–water partition coefficient (Wildman–Crippen LogP) is 0.500. The number of hydrogen-bond donors (Lipinski definition) is 2. The lowest BCUT2D eigenvalue weighted by atomic mass is 10.2. The first-order valence-corrected chi connectivity index (χ1v) is 9.99. The van der Waals surface area contributed by atoms with Gasteiger partial charge in [0.25, 0.3) is 5.56 Å². The van der Waals surface area contributed by atoms with E-state index in [1.807, 2.05) is 0 Å². The van der Waals surface area contributed by atoms with Crippen LogP contribution in [0.25, 0.3) is 11.2 Å². The molecule has 0 radical (unpaired) electrons. The quantitative estimate of drug-likeness (QED) is 0.512. The van der Waals surface area contributed by atoms with Gasteiger partial charge in [-0.2, -0.15) is 0 Å². The number of imidazole rings is 1. The molecular formula is C19H32N6O3. The Hall–Kier alpha value is -2.42. The molecule has 0 unspecified atom stereocenters. The van der Waals surface area contributed by atoms with Crippen molar-refractivity contribution in [3.05, 3.63) is 27.2 Å². The maximum absolute atomic E-state index is 12.6. The smallest absolute Gasteiger partial charge is 0.332 e. The van der Waals surface area contributed by atoms with Crippen molar-refractivity contribution >= 4 is 17.1 Å². The maximum atomic E-state index is 12.6. The first-order chi connectivity index (χ1) is 13.4. The zero-order chi connectivity index (χ0) is 20.5. The van der Waals surface area contributed by atoms with E-state index in [1.54, 1.807) is 25.0 Å². The van der Waals surface area contributed by atoms with Gasteiger partial charge in [0.1, 0.15) is 0 Å². The van der Waals surface area contributed by atoms with Gasteiger partial charge in [0, 0.05) is 34.1 Å². The molecule has 28 heavy (non-hydrogen) atoms. The summed E-state index contributed by atoms with van der Waals surface area (Å²) in [6.07, 6.45) is 7.49. The lowest BCUT2D eigenvalue weighted by Crippen LogP contribution is -2.39. The fraction of sp³-hybridized carbons (Fsp3) is 0.684. The molecule has 0 fully saturated rings. The number of aryl methyl sites for hydroxylation is 2. The van der Waals surface area contributed by atoms with Crippen LogP contribution in [0.3, 0.4) is 0 Å². The third-order valence-corrected chi connectivity index (χ3v) is 4.84. The Bertz CT molecular complexity index is 895. The number of rotatable bonds is 12. The highest BCUT2D eigenvalue weighted by Gasteiger charge is 2.14. The Balaban J connectivity index is 1.65. The number of amides is 1. The van der Waals surface area contributed by atoms with E-state index in [2.05, 4.69) is 15.6 Å². The molecule has 2 N–H and O–H groups in total. The molecule has 0 aromatic carbocycles. The largest absolute Gasteiger partial charge is 0.356 e. The summed E-state index contributed by atoms with van der Waals surface area (Å²) in [7, 11) is 3.41. The number of fused-ring (bicyclic) bond motifs is 1. The first-order valence-electron chi connectivity index (χ1n) is 9.99. The number of aromatic nitrogens is 4. The highest BCUT2D eigenvalue weighted by molar-refractivity contribution is 5.72. The summed E-state index contributed by atoms with van der Waals surface area (Å²) in [5.41, 5.74) is 0.317. The summed E-state index contributed by atoms with van der Waals surface area (Å²) in [4.78, 5) is 39.9. The summed E-state index contributed by atoms with van der Waals surface area (Å²) in [6, 6.07) is 0. The molecule has 2 heterocycles. The SMILES string of the molecule is CC(=O)NCCCCNCCCCCCn1c(=O)c2c(ncn2C)n(C)c1=O. The van der Waals surface area contributed by atoms with Crippen LogP contribution in [0.2, 0.25) is 0 Å². The Morgan fingerprint density at radius 2 is 1.64 bits per heavy atom. The standard InChI is InChI=1S/C19H32N6O3/c1-15(26)21-12-8-7-11-20-10-6-4-5-9-13-25-18(27)16-17(22-14-23(16)2)24(3)19(25)28/h14,20H,4-13H2,1-3H3,(H,21,26). The molecule has 0 aliphatic rings. The average molecular weight is 393 g/mol. The number of carbonyl (C=O) groups excluding carboxylic acids is 1. The normalized spacial score (nSPS) is 11.2. The van der Waals surface area contributed by atoms with Crippen LogP contribution in [-0.4, -0.2) is 44.2 Å². The topological polar surface area (TPSA) is 103 Å². The molecule has 9 heteroatoms. The molecule has 0 saturated heterocycles. The summed E-state index contributed by atoms with van der Waals surface area (Å²) in [5.74, 6) is 0.0216. The van der Waals surface area contributed by atoms with E-state index in [1.165, 1.54) is 16.1 Å². The van der Waals surface area contributed by atoms with Gasteiger partial charge < -0.3 is 15.2 Å². The summed E-state index contributed by atoms with van der Waals surface area (Å²) in [5, 5.41) is 6.19. The first kappa shape index (κ1) is 21.9. The van der Waals surface area contributed by atoms with Crippen LogP contribution in [0.4, 0.5) is 0 Å². The molecule has 0 atom stereocenters. The number of nitrogens with one attached hydrogen (secondary N) is 2. The summed E-state index contributed by atoms with van der Waals surface area (Å²) in [6.45, 7) is 4.62. The Morgan fingerprint density at radius 1 is 1.00 bits per heavy atom. The number of unbranched alkanes of at least 4 members (excludes halogenated alkanes) is 4. The molecule has 0 aliphatic heterocycles. The number of nitrogens with zero attached hydrogens (tertiary/aromatic N) is 4. The Labute approximate surface area is 164 Å². The molecule has 1 amide bonds. The van der Waals surface area contributed by atoms with Gasteiger partial charge in [-0.25, -0.2) is 9.78 Å². The minimum atomic E-state index is -0.308. The molecule has 156 valence electrons. The Kier molecular flexibility index (Phi) is 8.43. The maximum Gasteiger partial charge on any atom is 0.332 e. The second-order valence-electron chi connectivity index (χ2n) is 7.18. The molecule has 2 aromatic heterocycles. The van der Waals surface area contributed by atoms with Crippen molar-refractivity contribution in [3.63, 3.8) is 0 Å². The molecule has 9 nitrogen and oxygen atoms in total. The fourth-order valence-corrected chi connectivity index (χ4v) is 3.23. The summed E-state index contributed by atoms with van der Waals surface area (Å²) < 4.78 is 4.42. The van der Waals surface area contributed by atoms with Crippen molar-refractivity contribution in [1.29, 1.82) is 0 Å². The van der Waals surface area contributed by atoms with Gasteiger partial charge >= 0.3 is 5.69 Å². The van der Waals surface area contributed by atoms with Crippen LogP contribution in [0, 0.1) is 0 Å². The van der Waals surface area contributed by atoms with Crippen LogP contribution < -0.4 is 21.9 Å². The van der Waals surface area contributed by atoms with E-state index in [-0.39, 0.29) is 17.2 Å². The molecule has 0 bridgehead atoms. The van der Waals surface area contributed by atoms with E-state index in [0.717, 1.165) is 58.2 Å². The van der Waals surface area contributed by atoms with E-state index in [0.29, 0.717) is 17.7 Å². The van der Waals surface area contributed by atoms with Crippen LogP contribution in [-0.2, 0) is 25.4 Å². The second-order valence-corrected chi connectivity index (χ2v) is 7.18. The van der Waals surface area contributed by atoms with Crippen molar-refractivity contribution in [2.24, 2.45) is 14.1 Å². The lowest BCUT2D eigenvalue weighted by Gasteiger charge is -2.09. The van der Waals surface area contributed by atoms with Gasteiger partial charge in [0.15, 0.2) is 11.2 Å². The zero-order valence-electron chi connectivity index (χ0n) is 17.2. The van der Waals surface area contributed by atoms with Gasteiger partial charge in [0.05, 0.1) is 6.33 Å². The predicted molar refractivity (Wildman–Crippen MR) is 109 cm³/mol. The monoisotopic (exact) mass is 392 g/mol. The van der Waals surface area contributed by atoms with E-state index in [4.69, 9.17) is 0 Å². The molecular weight excluding hydrogens is 360 g/mol. The van der Waals surface area contributed by atoms with E-state index >= 15 is 0 Å². The van der Waals surface area contributed by atoms with Gasteiger partial charge in [-0.1, -0.05) is 12.8 Å². The summed E-state index contributed by atoms with van der Waals surface area (Å²) >= 11 is 0. The molecule has 0 aliphatic carbocycles. The van der Waals surface area contributed by atoms with Crippen LogP contribution in [0.5, 0.6) is 0 Å². The highest BCUT2D eigenvalue weighted by Crippen LogP contribution is 2.04. The van der Waals surface area contributed by atoms with Gasteiger partial charge in [-0.3, -0.25) is 18.7 Å². The van der Waals surface area contributed by atoms with Crippen LogP contribution in [0.15, 0.2) is 15.9 Å². The minimum Gasteiger partial charge on any atom is -0.356 e. The third-order valence-electron chi connectivity index (χ3n) is 4.84.